The Kier molecular flexibility index (Phi) is 5.72. The standard InChI is InChI=1S/C20H18F5N7O/c1-12-3-2-4-14(32-29-6-7-30-32)16(12)17(33)31-8-5-19(21,22)15(31)11-28-18-26-9-13(10-27-18)20(23,24)25/h2-4,6-7,9-10,15H,5,8,11H2,1H3,(H,26,27,28). The van der Waals surface area contributed by atoms with E-state index in [-0.39, 0.29) is 18.1 Å². The molecule has 1 amide bonds. The summed E-state index contributed by atoms with van der Waals surface area (Å²) in [6.07, 6.45) is -1.20. The normalized spacial score (nSPS) is 17.9. The van der Waals surface area contributed by atoms with Crippen molar-refractivity contribution in [3.05, 3.63) is 59.7 Å². The minimum absolute atomic E-state index is 0.183. The lowest BCUT2D eigenvalue weighted by molar-refractivity contribution is -0.138. The van der Waals surface area contributed by atoms with Crippen molar-refractivity contribution in [1.82, 2.24) is 29.9 Å². The van der Waals surface area contributed by atoms with Crippen LogP contribution in [-0.2, 0) is 6.18 Å². The third-order valence-corrected chi connectivity index (χ3v) is 5.34. The fraction of sp³-hybridized carbons (Fsp3) is 0.350. The van der Waals surface area contributed by atoms with Crippen LogP contribution in [0.15, 0.2) is 43.0 Å². The Morgan fingerprint density at radius 2 is 1.85 bits per heavy atom. The highest BCUT2D eigenvalue weighted by Crippen LogP contribution is 2.36. The Balaban J connectivity index is 1.58. The average Bonchev–Trinajstić information content (AvgIpc) is 3.39. The van der Waals surface area contributed by atoms with Crippen LogP contribution in [0.5, 0.6) is 0 Å². The van der Waals surface area contributed by atoms with Gasteiger partial charge in [-0.2, -0.15) is 28.2 Å². The number of nitrogens with one attached hydrogen (secondary N) is 1. The summed E-state index contributed by atoms with van der Waals surface area (Å²) in [5, 5.41) is 10.6. The molecule has 1 atom stereocenters. The maximum atomic E-state index is 14.7. The van der Waals surface area contributed by atoms with Crippen molar-refractivity contribution in [3.63, 3.8) is 0 Å². The molecule has 1 unspecified atom stereocenters. The number of benzene rings is 1. The zero-order valence-electron chi connectivity index (χ0n) is 17.2. The summed E-state index contributed by atoms with van der Waals surface area (Å²) in [4.78, 5) is 22.7. The van der Waals surface area contributed by atoms with E-state index in [0.717, 1.165) is 4.90 Å². The van der Waals surface area contributed by atoms with Gasteiger partial charge < -0.3 is 10.2 Å². The number of halogens is 5. The largest absolute Gasteiger partial charge is 0.419 e. The van der Waals surface area contributed by atoms with E-state index in [2.05, 4.69) is 25.5 Å². The molecule has 0 spiro atoms. The van der Waals surface area contributed by atoms with Crippen LogP contribution in [0.2, 0.25) is 0 Å². The van der Waals surface area contributed by atoms with Crippen molar-refractivity contribution < 1.29 is 26.7 Å². The number of carbonyl (C=O) groups excluding carboxylic acids is 1. The van der Waals surface area contributed by atoms with Crippen molar-refractivity contribution in [2.24, 2.45) is 0 Å². The zero-order chi connectivity index (χ0) is 23.8. The Bertz CT molecular complexity index is 1130. The molecule has 174 valence electrons. The zero-order valence-corrected chi connectivity index (χ0v) is 17.2. The van der Waals surface area contributed by atoms with Crippen molar-refractivity contribution in [1.29, 1.82) is 0 Å². The lowest BCUT2D eigenvalue weighted by Crippen LogP contribution is -2.47. The van der Waals surface area contributed by atoms with E-state index in [9.17, 15) is 26.7 Å². The van der Waals surface area contributed by atoms with Gasteiger partial charge >= 0.3 is 6.18 Å². The molecule has 1 saturated heterocycles. The molecule has 0 aliphatic carbocycles. The van der Waals surface area contributed by atoms with E-state index in [1.807, 2.05) is 0 Å². The van der Waals surface area contributed by atoms with Crippen LogP contribution in [0.4, 0.5) is 27.9 Å². The fourth-order valence-electron chi connectivity index (χ4n) is 3.66. The van der Waals surface area contributed by atoms with E-state index < -0.39 is 42.6 Å². The van der Waals surface area contributed by atoms with Gasteiger partial charge in [-0.1, -0.05) is 12.1 Å². The van der Waals surface area contributed by atoms with Gasteiger partial charge in [0.05, 0.1) is 29.2 Å². The summed E-state index contributed by atoms with van der Waals surface area (Å²) in [5.41, 5.74) is 0.0262. The highest BCUT2D eigenvalue weighted by Gasteiger charge is 2.51. The molecule has 3 aromatic rings. The second kappa shape index (κ2) is 8.37. The van der Waals surface area contributed by atoms with E-state index in [1.165, 1.54) is 17.2 Å². The first-order valence-electron chi connectivity index (χ1n) is 9.86. The highest BCUT2D eigenvalue weighted by molar-refractivity contribution is 5.99. The molecule has 0 radical (unpaired) electrons. The first-order valence-corrected chi connectivity index (χ1v) is 9.86. The van der Waals surface area contributed by atoms with Gasteiger partial charge in [0.15, 0.2) is 0 Å². The van der Waals surface area contributed by atoms with Gasteiger partial charge in [-0.3, -0.25) is 4.79 Å². The van der Waals surface area contributed by atoms with Crippen LogP contribution in [0.3, 0.4) is 0 Å². The molecule has 4 rings (SSSR count). The summed E-state index contributed by atoms with van der Waals surface area (Å²) in [5.74, 6) is -4.10. The monoisotopic (exact) mass is 467 g/mol. The SMILES string of the molecule is Cc1cccc(-n2nccn2)c1C(=O)N1CCC(F)(F)C1CNc1ncc(C(F)(F)F)cn1. The van der Waals surface area contributed by atoms with Gasteiger partial charge in [0, 0.05) is 31.9 Å². The van der Waals surface area contributed by atoms with Gasteiger partial charge in [-0.15, -0.1) is 0 Å². The first-order chi connectivity index (χ1) is 15.6. The van der Waals surface area contributed by atoms with Gasteiger partial charge in [-0.05, 0) is 18.6 Å². The number of rotatable bonds is 5. The third-order valence-electron chi connectivity index (χ3n) is 5.34. The summed E-state index contributed by atoms with van der Waals surface area (Å²) < 4.78 is 67.4. The Morgan fingerprint density at radius 3 is 2.48 bits per heavy atom. The number of carbonyl (C=O) groups is 1. The average molecular weight is 467 g/mol. The van der Waals surface area contributed by atoms with Crippen LogP contribution < -0.4 is 5.32 Å². The van der Waals surface area contributed by atoms with E-state index in [1.54, 1.807) is 25.1 Å². The molecular weight excluding hydrogens is 449 g/mol. The molecule has 8 nitrogen and oxygen atoms in total. The number of alkyl halides is 5. The van der Waals surface area contributed by atoms with Gasteiger partial charge in [0.25, 0.3) is 11.8 Å². The molecule has 1 aliphatic heterocycles. The van der Waals surface area contributed by atoms with Gasteiger partial charge in [0.2, 0.25) is 5.95 Å². The Morgan fingerprint density at radius 1 is 1.18 bits per heavy atom. The van der Waals surface area contributed by atoms with Crippen LogP contribution in [0.1, 0.15) is 27.9 Å². The van der Waals surface area contributed by atoms with E-state index >= 15 is 0 Å². The van der Waals surface area contributed by atoms with Crippen molar-refractivity contribution in [3.8, 4) is 5.69 Å². The van der Waals surface area contributed by atoms with Crippen molar-refractivity contribution in [2.45, 2.75) is 31.5 Å². The van der Waals surface area contributed by atoms with Gasteiger partial charge in [0.1, 0.15) is 6.04 Å². The minimum Gasteiger partial charge on any atom is -0.352 e. The third kappa shape index (κ3) is 4.47. The number of nitrogens with zero attached hydrogens (tertiary/aromatic N) is 6. The number of hydrogen-bond donors (Lipinski definition) is 1. The van der Waals surface area contributed by atoms with Crippen LogP contribution in [-0.4, -0.2) is 60.8 Å². The number of hydrogen-bond acceptors (Lipinski definition) is 6. The summed E-state index contributed by atoms with van der Waals surface area (Å²) in [6, 6.07) is 3.42. The number of aromatic nitrogens is 5. The molecule has 2 aromatic heterocycles. The molecule has 0 bridgehead atoms. The topological polar surface area (TPSA) is 88.8 Å². The maximum absolute atomic E-state index is 14.7. The van der Waals surface area contributed by atoms with Crippen LogP contribution in [0.25, 0.3) is 5.69 Å². The van der Waals surface area contributed by atoms with Crippen molar-refractivity contribution >= 4 is 11.9 Å². The van der Waals surface area contributed by atoms with E-state index in [0.29, 0.717) is 23.6 Å². The molecule has 1 aromatic carbocycles. The van der Waals surface area contributed by atoms with Gasteiger partial charge in [-0.25, -0.2) is 18.7 Å². The highest BCUT2D eigenvalue weighted by atomic mass is 19.4. The van der Waals surface area contributed by atoms with Crippen LogP contribution >= 0.6 is 0 Å². The Labute approximate surface area is 184 Å². The minimum atomic E-state index is -4.62. The summed E-state index contributed by atoms with van der Waals surface area (Å²) >= 11 is 0. The molecule has 3 heterocycles. The smallest absolute Gasteiger partial charge is 0.352 e. The second-order valence-corrected chi connectivity index (χ2v) is 7.49. The van der Waals surface area contributed by atoms with Crippen LogP contribution in [0, 0.1) is 6.92 Å². The van der Waals surface area contributed by atoms with Crippen molar-refractivity contribution in [2.75, 3.05) is 18.4 Å². The molecule has 1 aliphatic rings. The maximum Gasteiger partial charge on any atom is 0.419 e. The number of likely N-dealkylation sites (tertiary alicyclic amines) is 1. The lowest BCUT2D eigenvalue weighted by atomic mass is 10.0. The predicted octanol–water partition coefficient (Wildman–Crippen LogP) is 3.35. The second-order valence-electron chi connectivity index (χ2n) is 7.49. The lowest BCUT2D eigenvalue weighted by Gasteiger charge is -2.29. The van der Waals surface area contributed by atoms with E-state index in [4.69, 9.17) is 0 Å². The number of aryl methyl sites for hydroxylation is 1. The quantitative estimate of drug-likeness (QED) is 0.579. The number of amides is 1. The fourth-order valence-corrected chi connectivity index (χ4v) is 3.66. The molecule has 1 N–H and O–H groups in total. The molecule has 13 heteroatoms. The number of anilines is 1. The molecule has 1 fully saturated rings. The molecular formula is C20H18F5N7O. The Hall–Kier alpha value is -3.64. The molecule has 0 saturated carbocycles. The summed E-state index contributed by atoms with van der Waals surface area (Å²) in [6.45, 7) is 1.02. The molecule has 33 heavy (non-hydrogen) atoms. The predicted molar refractivity (Wildman–Crippen MR) is 106 cm³/mol. The first kappa shape index (κ1) is 22.6. The summed E-state index contributed by atoms with van der Waals surface area (Å²) in [7, 11) is 0.